The molecule has 0 N–H and O–H groups in total. The van der Waals surface area contributed by atoms with Crippen LogP contribution in [-0.2, 0) is 18.2 Å². The lowest BCUT2D eigenvalue weighted by Gasteiger charge is -2.37. The molecule has 1 aliphatic heterocycles. The number of hydrogen-bond acceptors (Lipinski definition) is 4. The van der Waals surface area contributed by atoms with E-state index in [0.29, 0.717) is 24.8 Å². The topological polar surface area (TPSA) is 52.6 Å². The Morgan fingerprint density at radius 3 is 1.69 bits per heavy atom. The third-order valence-corrected chi connectivity index (χ3v) is 18.1. The smallest absolute Gasteiger partial charge is 0.210 e. The van der Waals surface area contributed by atoms with Gasteiger partial charge in [0, 0.05) is 11.6 Å². The van der Waals surface area contributed by atoms with Crippen molar-refractivity contribution in [1.82, 2.24) is 0 Å². The predicted molar refractivity (Wildman–Crippen MR) is 70.5 cm³/mol. The molecule has 16 heavy (non-hydrogen) atoms. The molecule has 0 aromatic heterocycles. The highest BCUT2D eigenvalue weighted by atomic mass is 31.2. The lowest BCUT2D eigenvalue weighted by atomic mass is 10.9. The summed E-state index contributed by atoms with van der Waals surface area (Å²) in [6.07, 6.45) is 0. The van der Waals surface area contributed by atoms with Crippen LogP contribution in [-0.4, -0.2) is 38.8 Å². The summed E-state index contributed by atoms with van der Waals surface area (Å²) in [6, 6.07) is 0. The van der Waals surface area contributed by atoms with Crippen LogP contribution in [0, 0.1) is 0 Å². The van der Waals surface area contributed by atoms with Crippen molar-refractivity contribution in [3.05, 3.63) is 0 Å². The molecule has 0 aromatic rings. The molecule has 96 valence electrons. The fourth-order valence-corrected chi connectivity index (χ4v) is 21.7. The monoisotopic (exact) mass is 284 g/mol. The zero-order valence-corrected chi connectivity index (χ0v) is 13.4. The lowest BCUT2D eigenvalue weighted by Crippen LogP contribution is -2.41. The quantitative estimate of drug-likeness (QED) is 0.586. The third kappa shape index (κ3) is 3.81. The van der Waals surface area contributed by atoms with E-state index in [9.17, 15) is 9.13 Å². The molecule has 1 rings (SSSR count). The van der Waals surface area contributed by atoms with Crippen LogP contribution in [0.25, 0.3) is 0 Å². The molecule has 0 radical (unpaired) electrons. The first-order chi connectivity index (χ1) is 7.24. The molecule has 7 heteroatoms. The summed E-state index contributed by atoms with van der Waals surface area (Å²) in [5.74, 6) is 1.44. The van der Waals surface area contributed by atoms with E-state index in [-0.39, 0.29) is 5.90 Å². The van der Waals surface area contributed by atoms with Gasteiger partial charge in [-0.15, -0.1) is 0 Å². The second kappa shape index (κ2) is 5.07. The van der Waals surface area contributed by atoms with Crippen molar-refractivity contribution in [1.29, 1.82) is 0 Å². The van der Waals surface area contributed by atoms with E-state index in [1.165, 1.54) is 0 Å². The fraction of sp³-hybridized carbons (Fsp3) is 1.00. The molecule has 4 nitrogen and oxygen atoms in total. The summed E-state index contributed by atoms with van der Waals surface area (Å²) in [5, 5.41) is 0. The van der Waals surface area contributed by atoms with E-state index < -0.39 is 22.8 Å². The first-order valence-corrected chi connectivity index (χ1v) is 13.1. The second-order valence-corrected chi connectivity index (χ2v) is 16.9. The van der Waals surface area contributed by atoms with E-state index in [0.717, 1.165) is 0 Å². The Bertz CT molecular complexity index is 312. The van der Waals surface area contributed by atoms with Crippen LogP contribution < -0.4 is 0 Å². The molecule has 0 amide bonds. The summed E-state index contributed by atoms with van der Waals surface area (Å²) in [7, 11) is -7.14. The minimum absolute atomic E-state index is 0.151. The van der Waals surface area contributed by atoms with Gasteiger partial charge in [0.15, 0.2) is 0 Å². The van der Waals surface area contributed by atoms with Gasteiger partial charge in [-0.05, 0) is 13.8 Å². The first kappa shape index (κ1) is 14.7. The van der Waals surface area contributed by atoms with Crippen LogP contribution >= 0.6 is 14.7 Å². The minimum Gasteiger partial charge on any atom is -0.329 e. The van der Waals surface area contributed by atoms with Gasteiger partial charge in [-0.2, -0.15) is 0 Å². The van der Waals surface area contributed by atoms with E-state index in [2.05, 4.69) is 13.1 Å². The van der Waals surface area contributed by atoms with Crippen LogP contribution in [0.2, 0.25) is 13.1 Å². The molecule has 1 fully saturated rings. The molecule has 2 atom stereocenters. The summed E-state index contributed by atoms with van der Waals surface area (Å²) in [5.41, 5.74) is 0. The van der Waals surface area contributed by atoms with Gasteiger partial charge in [0.05, 0.1) is 21.3 Å². The molecular formula is C9H22O4P2Si. The SMILES string of the molecule is CCO[P@@]1(=O)C[Si](C)(C)C[P@](=O)(OCC)C1. The van der Waals surface area contributed by atoms with E-state index in [1.807, 2.05) is 13.8 Å². The van der Waals surface area contributed by atoms with E-state index >= 15 is 0 Å². The first-order valence-electron chi connectivity index (χ1n) is 5.69. The van der Waals surface area contributed by atoms with Crippen LogP contribution in [0.4, 0.5) is 0 Å². The maximum absolute atomic E-state index is 12.5. The van der Waals surface area contributed by atoms with Gasteiger partial charge in [-0.3, -0.25) is 9.13 Å². The maximum Gasteiger partial charge on any atom is 0.210 e. The molecule has 0 aromatic carbocycles. The van der Waals surface area contributed by atoms with E-state index in [4.69, 9.17) is 9.05 Å². The predicted octanol–water partition coefficient (Wildman–Crippen LogP) is 3.37. The van der Waals surface area contributed by atoms with Gasteiger partial charge < -0.3 is 9.05 Å². The molecule has 1 heterocycles. The number of rotatable bonds is 4. The van der Waals surface area contributed by atoms with Crippen LogP contribution in [0.1, 0.15) is 13.8 Å². The summed E-state index contributed by atoms with van der Waals surface area (Å²) < 4.78 is 35.8. The van der Waals surface area contributed by atoms with Crippen LogP contribution in [0.5, 0.6) is 0 Å². The summed E-state index contributed by atoms with van der Waals surface area (Å²) in [6.45, 7) is 8.73. The number of hydrogen-bond donors (Lipinski definition) is 0. The molecule has 0 unspecified atom stereocenters. The van der Waals surface area contributed by atoms with Crippen LogP contribution in [0.3, 0.4) is 0 Å². The maximum atomic E-state index is 12.5. The van der Waals surface area contributed by atoms with Crippen molar-refractivity contribution < 1.29 is 18.2 Å². The largest absolute Gasteiger partial charge is 0.329 e. The lowest BCUT2D eigenvalue weighted by molar-refractivity contribution is 0.324. The molecule has 0 bridgehead atoms. The Hall–Kier alpha value is 0.597. The van der Waals surface area contributed by atoms with Gasteiger partial charge in [0.2, 0.25) is 14.7 Å². The van der Waals surface area contributed by atoms with Crippen molar-refractivity contribution in [2.75, 3.05) is 30.7 Å². The Kier molecular flexibility index (Phi) is 4.65. The second-order valence-electron chi connectivity index (χ2n) is 5.09. The molecule has 0 aliphatic carbocycles. The normalized spacial score (nSPS) is 38.5. The van der Waals surface area contributed by atoms with Crippen LogP contribution in [0.15, 0.2) is 0 Å². The average Bonchev–Trinajstić information content (AvgIpc) is 1.97. The molecule has 0 saturated carbocycles. The van der Waals surface area contributed by atoms with Gasteiger partial charge in [0.25, 0.3) is 0 Å². The van der Waals surface area contributed by atoms with E-state index in [1.54, 1.807) is 0 Å². The highest BCUT2D eigenvalue weighted by Gasteiger charge is 2.49. The highest BCUT2D eigenvalue weighted by Crippen LogP contribution is 2.68. The standard InChI is InChI=1S/C9H22O4P2Si/c1-5-12-14(10)7-15(11,13-6-2)9-16(3,4)8-14/h5-9H2,1-4H3/t14-,15-/m1/s1. The third-order valence-electron chi connectivity index (χ3n) is 2.50. The molecule has 1 aliphatic rings. The van der Waals surface area contributed by atoms with Gasteiger partial charge >= 0.3 is 0 Å². The van der Waals surface area contributed by atoms with Crippen molar-refractivity contribution in [2.45, 2.75) is 26.9 Å². The Morgan fingerprint density at radius 1 is 1.00 bits per heavy atom. The zero-order valence-electron chi connectivity index (χ0n) is 10.6. The summed E-state index contributed by atoms with van der Waals surface area (Å²) >= 11 is 0. The zero-order chi connectivity index (χ0) is 12.4. The molecule has 1 saturated heterocycles. The molecule has 0 spiro atoms. The Labute approximate surface area is 99.0 Å². The van der Waals surface area contributed by atoms with Crippen molar-refractivity contribution in [3.8, 4) is 0 Å². The van der Waals surface area contributed by atoms with Crippen molar-refractivity contribution in [2.24, 2.45) is 0 Å². The summed E-state index contributed by atoms with van der Waals surface area (Å²) in [4.78, 5) is 0. The highest BCUT2D eigenvalue weighted by molar-refractivity contribution is 7.80. The Balaban J connectivity index is 2.94. The van der Waals surface area contributed by atoms with Gasteiger partial charge in [-0.25, -0.2) is 0 Å². The fourth-order valence-electron chi connectivity index (χ4n) is 2.43. The van der Waals surface area contributed by atoms with Gasteiger partial charge in [-0.1, -0.05) is 13.1 Å². The van der Waals surface area contributed by atoms with Gasteiger partial charge in [0.1, 0.15) is 5.90 Å². The average molecular weight is 284 g/mol. The van der Waals surface area contributed by atoms with Crippen molar-refractivity contribution >= 4 is 22.8 Å². The minimum atomic E-state index is -2.71. The molecular weight excluding hydrogens is 262 g/mol. The van der Waals surface area contributed by atoms with Crippen molar-refractivity contribution in [3.63, 3.8) is 0 Å². The Morgan fingerprint density at radius 2 is 1.38 bits per heavy atom.